The predicted molar refractivity (Wildman–Crippen MR) is 56.5 cm³/mol. The number of nitrogens with zero attached hydrogens (tertiary/aromatic N) is 2. The van der Waals surface area contributed by atoms with Crippen molar-refractivity contribution in [1.82, 2.24) is 15.3 Å². The van der Waals surface area contributed by atoms with Crippen molar-refractivity contribution in [3.05, 3.63) is 24.3 Å². The van der Waals surface area contributed by atoms with Crippen LogP contribution in [0.1, 0.15) is 32.1 Å². The minimum absolute atomic E-state index is 0.147. The van der Waals surface area contributed by atoms with Crippen LogP contribution in [0.5, 0.6) is 0 Å². The average molecular weight is 189 g/mol. The topological polar surface area (TPSA) is 37.8 Å². The van der Waals surface area contributed by atoms with Crippen LogP contribution < -0.4 is 5.32 Å². The average Bonchev–Trinajstić information content (AvgIpc) is 2.25. The van der Waals surface area contributed by atoms with Crippen LogP contribution in [-0.2, 0) is 0 Å². The molecule has 0 fully saturated rings. The van der Waals surface area contributed by atoms with Crippen molar-refractivity contribution < 1.29 is 0 Å². The van der Waals surface area contributed by atoms with Crippen molar-refractivity contribution in [1.29, 1.82) is 0 Å². The molecule has 14 heavy (non-hydrogen) atoms. The SMILES string of the molecule is CC#CCC(NCC)c1ncccn1. The van der Waals surface area contributed by atoms with Crippen molar-refractivity contribution in [3.8, 4) is 11.8 Å². The molecule has 0 aliphatic rings. The third-order valence-corrected chi connectivity index (χ3v) is 1.83. The van der Waals surface area contributed by atoms with Gasteiger partial charge in [0, 0.05) is 18.8 Å². The smallest absolute Gasteiger partial charge is 0.146 e. The highest BCUT2D eigenvalue weighted by atomic mass is 15.0. The molecule has 0 aromatic carbocycles. The first kappa shape index (κ1) is 10.7. The monoisotopic (exact) mass is 189 g/mol. The van der Waals surface area contributed by atoms with Crippen LogP contribution in [0, 0.1) is 11.8 Å². The number of hydrogen-bond donors (Lipinski definition) is 1. The summed E-state index contributed by atoms with van der Waals surface area (Å²) in [6.45, 7) is 4.80. The fourth-order valence-corrected chi connectivity index (χ4v) is 1.20. The Balaban J connectivity index is 2.70. The van der Waals surface area contributed by atoms with E-state index in [1.165, 1.54) is 0 Å². The fourth-order valence-electron chi connectivity index (χ4n) is 1.20. The van der Waals surface area contributed by atoms with E-state index < -0.39 is 0 Å². The standard InChI is InChI=1S/C11H15N3/c1-3-5-7-10(12-4-2)11-13-8-6-9-14-11/h6,8-10,12H,4,7H2,1-2H3. The van der Waals surface area contributed by atoms with Gasteiger partial charge in [0.05, 0.1) is 6.04 Å². The van der Waals surface area contributed by atoms with Crippen LogP contribution in [0.2, 0.25) is 0 Å². The quantitative estimate of drug-likeness (QED) is 0.730. The number of hydrogen-bond acceptors (Lipinski definition) is 3. The Morgan fingerprint density at radius 2 is 2.14 bits per heavy atom. The molecule has 3 nitrogen and oxygen atoms in total. The fraction of sp³-hybridized carbons (Fsp3) is 0.455. The molecule has 0 radical (unpaired) electrons. The lowest BCUT2D eigenvalue weighted by atomic mass is 10.2. The maximum atomic E-state index is 4.21. The van der Waals surface area contributed by atoms with E-state index in [1.807, 2.05) is 13.0 Å². The number of rotatable bonds is 4. The van der Waals surface area contributed by atoms with Crippen molar-refractivity contribution in [3.63, 3.8) is 0 Å². The summed E-state index contributed by atoms with van der Waals surface area (Å²) in [5.41, 5.74) is 0. The summed E-state index contributed by atoms with van der Waals surface area (Å²) in [7, 11) is 0. The Hall–Kier alpha value is -1.40. The third-order valence-electron chi connectivity index (χ3n) is 1.83. The van der Waals surface area contributed by atoms with Crippen LogP contribution in [0.25, 0.3) is 0 Å². The summed E-state index contributed by atoms with van der Waals surface area (Å²) in [6, 6.07) is 1.96. The third kappa shape index (κ3) is 3.15. The minimum atomic E-state index is 0.147. The Kier molecular flexibility index (Phi) is 4.66. The molecule has 0 spiro atoms. The van der Waals surface area contributed by atoms with E-state index in [4.69, 9.17) is 0 Å². The first-order valence-electron chi connectivity index (χ1n) is 4.78. The highest BCUT2D eigenvalue weighted by Crippen LogP contribution is 2.09. The Morgan fingerprint density at radius 1 is 1.43 bits per heavy atom. The molecule has 1 aromatic rings. The van der Waals surface area contributed by atoms with Crippen LogP contribution in [0.15, 0.2) is 18.5 Å². The van der Waals surface area contributed by atoms with Crippen molar-refractivity contribution in [2.45, 2.75) is 26.3 Å². The second-order valence-corrected chi connectivity index (χ2v) is 2.85. The molecular weight excluding hydrogens is 174 g/mol. The van der Waals surface area contributed by atoms with Gasteiger partial charge in [-0.05, 0) is 19.5 Å². The summed E-state index contributed by atoms with van der Waals surface area (Å²) in [5.74, 6) is 6.74. The summed E-state index contributed by atoms with van der Waals surface area (Å²) < 4.78 is 0. The van der Waals surface area contributed by atoms with E-state index >= 15 is 0 Å². The van der Waals surface area contributed by atoms with Gasteiger partial charge in [0.1, 0.15) is 5.82 Å². The van der Waals surface area contributed by atoms with E-state index in [1.54, 1.807) is 12.4 Å². The molecule has 0 aliphatic heterocycles. The van der Waals surface area contributed by atoms with Gasteiger partial charge in [-0.2, -0.15) is 0 Å². The molecule has 1 rings (SSSR count). The van der Waals surface area contributed by atoms with E-state index in [9.17, 15) is 0 Å². The Morgan fingerprint density at radius 3 is 2.71 bits per heavy atom. The second-order valence-electron chi connectivity index (χ2n) is 2.85. The summed E-state index contributed by atoms with van der Waals surface area (Å²) in [5, 5.41) is 3.31. The normalized spacial score (nSPS) is 11.6. The van der Waals surface area contributed by atoms with Gasteiger partial charge in [-0.15, -0.1) is 11.8 Å². The molecule has 1 heterocycles. The van der Waals surface area contributed by atoms with Gasteiger partial charge in [-0.3, -0.25) is 0 Å². The summed E-state index contributed by atoms with van der Waals surface area (Å²) >= 11 is 0. The Bertz CT molecular complexity index is 310. The maximum Gasteiger partial charge on any atom is 0.146 e. The molecule has 74 valence electrons. The van der Waals surface area contributed by atoms with Gasteiger partial charge < -0.3 is 5.32 Å². The van der Waals surface area contributed by atoms with Crippen molar-refractivity contribution in [2.24, 2.45) is 0 Å². The lowest BCUT2D eigenvalue weighted by Crippen LogP contribution is -2.22. The first-order chi connectivity index (χ1) is 6.88. The summed E-state index contributed by atoms with van der Waals surface area (Å²) in [6.07, 6.45) is 4.27. The molecule has 1 N–H and O–H groups in total. The second kappa shape index (κ2) is 6.11. The molecule has 1 aromatic heterocycles. The van der Waals surface area contributed by atoms with E-state index in [0.29, 0.717) is 0 Å². The summed E-state index contributed by atoms with van der Waals surface area (Å²) in [4.78, 5) is 8.42. The van der Waals surface area contributed by atoms with Crippen LogP contribution in [0.4, 0.5) is 0 Å². The number of nitrogens with one attached hydrogen (secondary N) is 1. The van der Waals surface area contributed by atoms with Gasteiger partial charge in [0.2, 0.25) is 0 Å². The first-order valence-corrected chi connectivity index (χ1v) is 4.78. The van der Waals surface area contributed by atoms with E-state index in [-0.39, 0.29) is 6.04 Å². The predicted octanol–water partition coefficient (Wildman–Crippen LogP) is 1.54. The molecule has 3 heteroatoms. The lowest BCUT2D eigenvalue weighted by Gasteiger charge is -2.12. The van der Waals surface area contributed by atoms with Gasteiger partial charge >= 0.3 is 0 Å². The number of aromatic nitrogens is 2. The molecule has 0 saturated carbocycles. The van der Waals surface area contributed by atoms with Gasteiger partial charge in [-0.25, -0.2) is 9.97 Å². The van der Waals surface area contributed by atoms with E-state index in [0.717, 1.165) is 18.8 Å². The Labute approximate surface area is 85.0 Å². The lowest BCUT2D eigenvalue weighted by molar-refractivity contribution is 0.535. The zero-order valence-corrected chi connectivity index (χ0v) is 8.62. The maximum absolute atomic E-state index is 4.21. The molecule has 0 amide bonds. The zero-order chi connectivity index (χ0) is 10.2. The molecule has 1 unspecified atom stereocenters. The largest absolute Gasteiger partial charge is 0.307 e. The van der Waals surface area contributed by atoms with Crippen molar-refractivity contribution >= 4 is 0 Å². The minimum Gasteiger partial charge on any atom is -0.307 e. The zero-order valence-electron chi connectivity index (χ0n) is 8.62. The van der Waals surface area contributed by atoms with Gasteiger partial charge in [-0.1, -0.05) is 6.92 Å². The molecule has 1 atom stereocenters. The van der Waals surface area contributed by atoms with Crippen molar-refractivity contribution in [2.75, 3.05) is 6.54 Å². The van der Waals surface area contributed by atoms with Gasteiger partial charge in [0.25, 0.3) is 0 Å². The highest BCUT2D eigenvalue weighted by molar-refractivity contribution is 5.04. The van der Waals surface area contributed by atoms with E-state index in [2.05, 4.69) is 34.0 Å². The van der Waals surface area contributed by atoms with Crippen LogP contribution >= 0.6 is 0 Å². The molecule has 0 aliphatic carbocycles. The molecule has 0 bridgehead atoms. The highest BCUT2D eigenvalue weighted by Gasteiger charge is 2.10. The van der Waals surface area contributed by atoms with Crippen LogP contribution in [0.3, 0.4) is 0 Å². The van der Waals surface area contributed by atoms with Crippen LogP contribution in [-0.4, -0.2) is 16.5 Å². The molecule has 0 saturated heterocycles. The van der Waals surface area contributed by atoms with Gasteiger partial charge in [0.15, 0.2) is 0 Å². The molecular formula is C11H15N3.